The predicted molar refractivity (Wildman–Crippen MR) is 50.9 cm³/mol. The van der Waals surface area contributed by atoms with Gasteiger partial charge in [0.1, 0.15) is 0 Å². The Balaban J connectivity index is 2.97. The van der Waals surface area contributed by atoms with E-state index in [2.05, 4.69) is 0 Å². The molecule has 0 amide bonds. The number of hydrogen-bond acceptors (Lipinski definition) is 3. The standard InChI is InChI=1S/C8H7ClN2O2/c1-11-6-3-5(10)4(9)2-7(6)13-8(11)12/h2-3H,10H2,1H3. The van der Waals surface area contributed by atoms with Crippen LogP contribution in [-0.4, -0.2) is 4.57 Å². The normalized spacial score (nSPS) is 10.9. The second-order valence-corrected chi connectivity index (χ2v) is 3.18. The van der Waals surface area contributed by atoms with Crippen LogP contribution in [-0.2, 0) is 7.05 Å². The molecule has 0 atom stereocenters. The molecule has 0 bridgehead atoms. The first kappa shape index (κ1) is 8.19. The van der Waals surface area contributed by atoms with E-state index in [0.29, 0.717) is 21.8 Å². The molecule has 13 heavy (non-hydrogen) atoms. The molecule has 0 unspecified atom stereocenters. The highest BCUT2D eigenvalue weighted by Gasteiger charge is 2.07. The molecule has 0 aliphatic rings. The molecule has 0 spiro atoms. The van der Waals surface area contributed by atoms with Crippen molar-refractivity contribution >= 4 is 28.4 Å². The van der Waals surface area contributed by atoms with E-state index in [1.807, 2.05) is 0 Å². The number of hydrogen-bond donors (Lipinski definition) is 1. The minimum absolute atomic E-state index is 0.391. The van der Waals surface area contributed by atoms with Crippen molar-refractivity contribution in [2.24, 2.45) is 7.05 Å². The fourth-order valence-corrected chi connectivity index (χ4v) is 1.32. The lowest BCUT2D eigenvalue weighted by Crippen LogP contribution is -2.08. The van der Waals surface area contributed by atoms with Crippen molar-refractivity contribution in [3.63, 3.8) is 0 Å². The Morgan fingerprint density at radius 2 is 2.23 bits per heavy atom. The molecule has 0 aliphatic carbocycles. The Bertz CT molecular complexity index is 527. The third-order valence-electron chi connectivity index (χ3n) is 1.91. The van der Waals surface area contributed by atoms with Crippen molar-refractivity contribution in [1.29, 1.82) is 0 Å². The SMILES string of the molecule is Cn1c(=O)oc2cc(Cl)c(N)cc21. The van der Waals surface area contributed by atoms with E-state index in [4.69, 9.17) is 21.8 Å². The van der Waals surface area contributed by atoms with E-state index in [-0.39, 0.29) is 0 Å². The second kappa shape index (κ2) is 2.53. The van der Waals surface area contributed by atoms with E-state index in [1.54, 1.807) is 13.1 Å². The van der Waals surface area contributed by atoms with Crippen LogP contribution in [0.1, 0.15) is 0 Å². The van der Waals surface area contributed by atoms with Gasteiger partial charge in [-0.05, 0) is 6.07 Å². The molecule has 0 saturated carbocycles. The molecule has 1 aromatic heterocycles. The maximum atomic E-state index is 11.1. The van der Waals surface area contributed by atoms with Gasteiger partial charge in [0.2, 0.25) is 0 Å². The maximum Gasteiger partial charge on any atom is 0.419 e. The van der Waals surface area contributed by atoms with Crippen molar-refractivity contribution in [3.8, 4) is 0 Å². The number of fused-ring (bicyclic) bond motifs is 1. The number of oxazole rings is 1. The molecule has 0 saturated heterocycles. The number of nitrogens with two attached hydrogens (primary N) is 1. The van der Waals surface area contributed by atoms with Gasteiger partial charge in [0, 0.05) is 13.1 Å². The van der Waals surface area contributed by atoms with Crippen LogP contribution >= 0.6 is 11.6 Å². The van der Waals surface area contributed by atoms with Crippen LogP contribution in [0.15, 0.2) is 21.3 Å². The summed E-state index contributed by atoms with van der Waals surface area (Å²) in [7, 11) is 1.61. The summed E-state index contributed by atoms with van der Waals surface area (Å²) in [6.45, 7) is 0. The van der Waals surface area contributed by atoms with Gasteiger partial charge in [-0.3, -0.25) is 4.57 Å². The molecular formula is C8H7ClN2O2. The molecule has 2 N–H and O–H groups in total. The van der Waals surface area contributed by atoms with Crippen LogP contribution in [0.4, 0.5) is 5.69 Å². The number of anilines is 1. The molecule has 0 aliphatic heterocycles. The van der Waals surface area contributed by atoms with Crippen molar-refractivity contribution in [2.45, 2.75) is 0 Å². The van der Waals surface area contributed by atoms with Gasteiger partial charge < -0.3 is 10.2 Å². The van der Waals surface area contributed by atoms with E-state index >= 15 is 0 Å². The first-order chi connectivity index (χ1) is 6.09. The van der Waals surface area contributed by atoms with Crippen molar-refractivity contribution < 1.29 is 4.42 Å². The summed E-state index contributed by atoms with van der Waals surface area (Å²) < 4.78 is 6.28. The minimum atomic E-state index is -0.420. The Morgan fingerprint density at radius 1 is 1.54 bits per heavy atom. The van der Waals surface area contributed by atoms with Crippen LogP contribution < -0.4 is 11.5 Å². The van der Waals surface area contributed by atoms with Gasteiger partial charge in [0.15, 0.2) is 5.58 Å². The van der Waals surface area contributed by atoms with Crippen LogP contribution in [0.5, 0.6) is 0 Å². The van der Waals surface area contributed by atoms with Gasteiger partial charge in [-0.2, -0.15) is 0 Å². The molecule has 0 radical (unpaired) electrons. The Morgan fingerprint density at radius 3 is 2.92 bits per heavy atom. The molecule has 1 aromatic carbocycles. The fraction of sp³-hybridized carbons (Fsp3) is 0.125. The molecule has 2 aromatic rings. The van der Waals surface area contributed by atoms with Crippen molar-refractivity contribution in [3.05, 3.63) is 27.7 Å². The third-order valence-corrected chi connectivity index (χ3v) is 2.24. The summed E-state index contributed by atoms with van der Waals surface area (Å²) in [6.07, 6.45) is 0. The Labute approximate surface area is 78.5 Å². The van der Waals surface area contributed by atoms with Crippen LogP contribution in [0.25, 0.3) is 11.1 Å². The number of rotatable bonds is 0. The minimum Gasteiger partial charge on any atom is -0.408 e. The zero-order chi connectivity index (χ0) is 9.59. The van der Waals surface area contributed by atoms with Gasteiger partial charge >= 0.3 is 5.76 Å². The first-order valence-electron chi connectivity index (χ1n) is 3.64. The first-order valence-corrected chi connectivity index (χ1v) is 4.02. The van der Waals surface area contributed by atoms with Gasteiger partial charge in [-0.1, -0.05) is 11.6 Å². The largest absolute Gasteiger partial charge is 0.419 e. The topological polar surface area (TPSA) is 61.2 Å². The Kier molecular flexibility index (Phi) is 1.60. The molecular weight excluding hydrogens is 192 g/mol. The summed E-state index contributed by atoms with van der Waals surface area (Å²) in [5.41, 5.74) is 7.11. The zero-order valence-electron chi connectivity index (χ0n) is 6.87. The lowest BCUT2D eigenvalue weighted by molar-refractivity contribution is 0.528. The number of benzene rings is 1. The smallest absolute Gasteiger partial charge is 0.408 e. The summed E-state index contributed by atoms with van der Waals surface area (Å²) in [6, 6.07) is 3.15. The average molecular weight is 199 g/mol. The van der Waals surface area contributed by atoms with Crippen molar-refractivity contribution in [1.82, 2.24) is 4.57 Å². The molecule has 68 valence electrons. The van der Waals surface area contributed by atoms with Gasteiger partial charge in [-0.15, -0.1) is 0 Å². The van der Waals surface area contributed by atoms with Crippen LogP contribution in [0.3, 0.4) is 0 Å². The highest BCUT2D eigenvalue weighted by molar-refractivity contribution is 6.33. The van der Waals surface area contributed by atoms with Gasteiger partial charge in [0.25, 0.3) is 0 Å². The second-order valence-electron chi connectivity index (χ2n) is 2.77. The van der Waals surface area contributed by atoms with Gasteiger partial charge in [-0.25, -0.2) is 4.79 Å². The van der Waals surface area contributed by atoms with Gasteiger partial charge in [0.05, 0.1) is 16.2 Å². The van der Waals surface area contributed by atoms with Crippen molar-refractivity contribution in [2.75, 3.05) is 5.73 Å². The lowest BCUT2D eigenvalue weighted by atomic mass is 10.3. The Hall–Kier alpha value is -1.42. The molecule has 5 heteroatoms. The number of halogens is 1. The summed E-state index contributed by atoms with van der Waals surface area (Å²) in [4.78, 5) is 11.1. The number of aromatic nitrogens is 1. The zero-order valence-corrected chi connectivity index (χ0v) is 7.63. The summed E-state index contributed by atoms with van der Waals surface area (Å²) in [5, 5.41) is 0.391. The number of nitrogen functional groups attached to an aromatic ring is 1. The highest BCUT2D eigenvalue weighted by atomic mass is 35.5. The van der Waals surface area contributed by atoms with Crippen LogP contribution in [0, 0.1) is 0 Å². The van der Waals surface area contributed by atoms with E-state index in [0.717, 1.165) is 0 Å². The van der Waals surface area contributed by atoms with E-state index in [9.17, 15) is 4.79 Å². The van der Waals surface area contributed by atoms with Crippen LogP contribution in [0.2, 0.25) is 5.02 Å². The number of aryl methyl sites for hydroxylation is 1. The maximum absolute atomic E-state index is 11.1. The molecule has 4 nitrogen and oxygen atoms in total. The monoisotopic (exact) mass is 198 g/mol. The third kappa shape index (κ3) is 1.10. The average Bonchev–Trinajstić information content (AvgIpc) is 2.32. The van der Waals surface area contributed by atoms with E-state index in [1.165, 1.54) is 10.6 Å². The molecule has 2 rings (SSSR count). The predicted octanol–water partition coefficient (Wildman–Crippen LogP) is 1.37. The summed E-state index contributed by atoms with van der Waals surface area (Å²) in [5.74, 6) is -0.420. The molecule has 0 fully saturated rings. The number of nitrogens with zero attached hydrogens (tertiary/aromatic N) is 1. The van der Waals surface area contributed by atoms with E-state index < -0.39 is 5.76 Å². The summed E-state index contributed by atoms with van der Waals surface area (Å²) >= 11 is 5.75. The lowest BCUT2D eigenvalue weighted by Gasteiger charge is -1.96. The highest BCUT2D eigenvalue weighted by Crippen LogP contribution is 2.24. The fourth-order valence-electron chi connectivity index (χ4n) is 1.16. The molecule has 1 heterocycles. The quantitative estimate of drug-likeness (QED) is 0.651.